The van der Waals surface area contributed by atoms with Crippen LogP contribution in [0.3, 0.4) is 0 Å². The van der Waals surface area contributed by atoms with Crippen molar-refractivity contribution in [2.45, 2.75) is 12.8 Å². The van der Waals surface area contributed by atoms with Gasteiger partial charge in [-0.1, -0.05) is 0 Å². The number of nitro benzene ring substituents is 1. The number of carboxylic acids is 1. The Morgan fingerprint density at radius 1 is 1.52 bits per heavy atom. The predicted octanol–water partition coefficient (Wildman–Crippen LogP) is 2.27. The molecular weight excluding hydrogens is 283 g/mol. The highest BCUT2D eigenvalue weighted by atomic mass is 19.1. The lowest BCUT2D eigenvalue weighted by Gasteiger charge is -2.09. The molecule has 1 aromatic rings. The Balaban J connectivity index is 1.99. The molecule has 1 fully saturated rings. The van der Waals surface area contributed by atoms with Gasteiger partial charge in [0.1, 0.15) is 5.56 Å². The molecule has 1 aliphatic rings. The number of hydrogen-bond donors (Lipinski definition) is 2. The number of benzene rings is 1. The van der Waals surface area contributed by atoms with E-state index in [4.69, 9.17) is 9.84 Å². The second kappa shape index (κ2) is 6.49. The normalized spacial score (nSPS) is 14.0. The van der Waals surface area contributed by atoms with Crippen LogP contribution >= 0.6 is 0 Å². The van der Waals surface area contributed by atoms with Crippen molar-refractivity contribution in [1.82, 2.24) is 0 Å². The average molecular weight is 298 g/mol. The summed E-state index contributed by atoms with van der Waals surface area (Å²) in [6, 6.07) is 1.54. The van der Waals surface area contributed by atoms with E-state index < -0.39 is 28.0 Å². The molecule has 0 aromatic heterocycles. The first-order chi connectivity index (χ1) is 9.99. The molecule has 0 amide bonds. The third-order valence-corrected chi connectivity index (χ3v) is 3.12. The van der Waals surface area contributed by atoms with Crippen LogP contribution in [0.1, 0.15) is 23.2 Å². The maximum absolute atomic E-state index is 13.7. The Morgan fingerprint density at radius 3 is 2.81 bits per heavy atom. The monoisotopic (exact) mass is 298 g/mol. The number of rotatable bonds is 8. The van der Waals surface area contributed by atoms with Gasteiger partial charge in [0.25, 0.3) is 5.69 Å². The molecular formula is C13H15FN2O5. The van der Waals surface area contributed by atoms with Gasteiger partial charge in [0.05, 0.1) is 23.3 Å². The molecule has 0 radical (unpaired) electrons. The Morgan fingerprint density at radius 2 is 2.24 bits per heavy atom. The van der Waals surface area contributed by atoms with E-state index in [1.807, 2.05) is 0 Å². The summed E-state index contributed by atoms with van der Waals surface area (Å²) in [5, 5.41) is 22.3. The van der Waals surface area contributed by atoms with Gasteiger partial charge in [-0.25, -0.2) is 9.18 Å². The molecule has 21 heavy (non-hydrogen) atoms. The lowest BCUT2D eigenvalue weighted by molar-refractivity contribution is -0.385. The van der Waals surface area contributed by atoms with E-state index in [0.29, 0.717) is 31.7 Å². The van der Waals surface area contributed by atoms with Gasteiger partial charge in [-0.15, -0.1) is 0 Å². The summed E-state index contributed by atoms with van der Waals surface area (Å²) in [6.07, 6.45) is 2.35. The van der Waals surface area contributed by atoms with Crippen LogP contribution in [0, 0.1) is 21.8 Å². The molecule has 0 aliphatic heterocycles. The van der Waals surface area contributed by atoms with Gasteiger partial charge in [-0.2, -0.15) is 0 Å². The van der Waals surface area contributed by atoms with Gasteiger partial charge in [-0.3, -0.25) is 10.1 Å². The van der Waals surface area contributed by atoms with Crippen molar-refractivity contribution in [3.05, 3.63) is 33.6 Å². The molecule has 0 bridgehead atoms. The van der Waals surface area contributed by atoms with Gasteiger partial charge in [0.2, 0.25) is 0 Å². The predicted molar refractivity (Wildman–Crippen MR) is 72.0 cm³/mol. The fraction of sp³-hybridized carbons (Fsp3) is 0.462. The molecule has 0 spiro atoms. The summed E-state index contributed by atoms with van der Waals surface area (Å²) >= 11 is 0. The quantitative estimate of drug-likeness (QED) is 0.433. The van der Waals surface area contributed by atoms with E-state index in [0.717, 1.165) is 6.07 Å². The summed E-state index contributed by atoms with van der Waals surface area (Å²) in [5.41, 5.74) is -1.41. The Labute approximate surface area is 119 Å². The Hall–Kier alpha value is -2.22. The number of ether oxygens (including phenoxy) is 1. The van der Waals surface area contributed by atoms with Crippen molar-refractivity contribution in [3.8, 4) is 0 Å². The topological polar surface area (TPSA) is 102 Å². The minimum atomic E-state index is -1.48. The van der Waals surface area contributed by atoms with E-state index in [-0.39, 0.29) is 5.69 Å². The standard InChI is InChI=1S/C13H15FN2O5/c14-10-6-12(16(19)20)9(13(17)18)5-11(10)15-3-4-21-7-8-1-2-8/h5-6,8,15H,1-4,7H2,(H,17,18). The van der Waals surface area contributed by atoms with Crippen molar-refractivity contribution in [2.75, 3.05) is 25.1 Å². The third kappa shape index (κ3) is 4.12. The molecule has 0 saturated heterocycles. The number of aromatic carboxylic acids is 1. The van der Waals surface area contributed by atoms with Gasteiger partial charge in [-0.05, 0) is 24.8 Å². The van der Waals surface area contributed by atoms with E-state index >= 15 is 0 Å². The number of nitrogens with one attached hydrogen (secondary N) is 1. The second-order valence-corrected chi connectivity index (χ2v) is 4.86. The van der Waals surface area contributed by atoms with Crippen molar-refractivity contribution in [2.24, 2.45) is 5.92 Å². The van der Waals surface area contributed by atoms with E-state index in [9.17, 15) is 19.3 Å². The van der Waals surface area contributed by atoms with Crippen molar-refractivity contribution < 1.29 is 24.0 Å². The Kier molecular flexibility index (Phi) is 4.69. The van der Waals surface area contributed by atoms with E-state index in [1.165, 1.54) is 12.8 Å². The van der Waals surface area contributed by atoms with Crippen LogP contribution in [0.5, 0.6) is 0 Å². The van der Waals surface area contributed by atoms with Gasteiger partial charge in [0, 0.05) is 13.2 Å². The minimum Gasteiger partial charge on any atom is -0.477 e. The van der Waals surface area contributed by atoms with Crippen molar-refractivity contribution in [1.29, 1.82) is 0 Å². The number of anilines is 1. The number of halogens is 1. The first-order valence-corrected chi connectivity index (χ1v) is 6.52. The van der Waals surface area contributed by atoms with Gasteiger partial charge >= 0.3 is 5.97 Å². The molecule has 1 aromatic carbocycles. The van der Waals surface area contributed by atoms with Crippen LogP contribution in [-0.2, 0) is 4.74 Å². The lowest BCUT2D eigenvalue weighted by atomic mass is 10.1. The number of carbonyl (C=O) groups is 1. The molecule has 1 aliphatic carbocycles. The van der Waals surface area contributed by atoms with Gasteiger partial charge < -0.3 is 15.2 Å². The van der Waals surface area contributed by atoms with E-state index in [2.05, 4.69) is 5.32 Å². The smallest absolute Gasteiger partial charge is 0.342 e. The largest absolute Gasteiger partial charge is 0.477 e. The molecule has 2 N–H and O–H groups in total. The summed E-state index contributed by atoms with van der Waals surface area (Å²) in [6.45, 7) is 1.32. The van der Waals surface area contributed by atoms with Crippen LogP contribution < -0.4 is 5.32 Å². The van der Waals surface area contributed by atoms with Crippen LogP contribution in [0.15, 0.2) is 12.1 Å². The maximum Gasteiger partial charge on any atom is 0.342 e. The number of nitrogens with zero attached hydrogens (tertiary/aromatic N) is 1. The first kappa shape index (κ1) is 15.2. The minimum absolute atomic E-state index is 0.0898. The fourth-order valence-corrected chi connectivity index (χ4v) is 1.81. The summed E-state index contributed by atoms with van der Waals surface area (Å²) in [4.78, 5) is 20.7. The molecule has 0 atom stereocenters. The molecule has 7 nitrogen and oxygen atoms in total. The van der Waals surface area contributed by atoms with Crippen molar-refractivity contribution >= 4 is 17.3 Å². The van der Waals surface area contributed by atoms with Crippen LogP contribution in [0.2, 0.25) is 0 Å². The zero-order chi connectivity index (χ0) is 15.4. The third-order valence-electron chi connectivity index (χ3n) is 3.12. The molecule has 8 heteroatoms. The van der Waals surface area contributed by atoms with Crippen LogP contribution in [0.25, 0.3) is 0 Å². The van der Waals surface area contributed by atoms with E-state index in [1.54, 1.807) is 0 Å². The zero-order valence-corrected chi connectivity index (χ0v) is 11.2. The maximum atomic E-state index is 13.7. The number of hydrogen-bond acceptors (Lipinski definition) is 5. The van der Waals surface area contributed by atoms with Crippen LogP contribution in [0.4, 0.5) is 15.8 Å². The average Bonchev–Trinajstić information content (AvgIpc) is 3.23. The molecule has 0 heterocycles. The lowest BCUT2D eigenvalue weighted by Crippen LogP contribution is -2.13. The first-order valence-electron chi connectivity index (χ1n) is 6.52. The fourth-order valence-electron chi connectivity index (χ4n) is 1.81. The highest BCUT2D eigenvalue weighted by molar-refractivity contribution is 5.93. The summed E-state index contributed by atoms with van der Waals surface area (Å²) < 4.78 is 19.0. The van der Waals surface area contributed by atoms with Crippen LogP contribution in [-0.4, -0.2) is 35.8 Å². The SMILES string of the molecule is O=C(O)c1cc(NCCOCC2CC2)c(F)cc1[N+](=O)[O-]. The second-order valence-electron chi connectivity index (χ2n) is 4.86. The molecule has 0 unspecified atom stereocenters. The van der Waals surface area contributed by atoms with Crippen molar-refractivity contribution in [3.63, 3.8) is 0 Å². The molecule has 114 valence electrons. The van der Waals surface area contributed by atoms with Gasteiger partial charge in [0.15, 0.2) is 5.82 Å². The highest BCUT2D eigenvalue weighted by Crippen LogP contribution is 2.29. The Bertz CT molecular complexity index is 560. The molecule has 2 rings (SSSR count). The highest BCUT2D eigenvalue weighted by Gasteiger charge is 2.23. The number of carboxylic acid groups (broad SMARTS) is 1. The zero-order valence-electron chi connectivity index (χ0n) is 11.2. The molecule has 1 saturated carbocycles. The summed E-state index contributed by atoms with van der Waals surface area (Å²) in [7, 11) is 0. The summed E-state index contributed by atoms with van der Waals surface area (Å²) in [5.74, 6) is -1.72. The number of nitro groups is 1.